The van der Waals surface area contributed by atoms with Crippen molar-refractivity contribution in [3.8, 4) is 11.5 Å². The third kappa shape index (κ3) is 3.68. The number of thiophene rings is 1. The van der Waals surface area contributed by atoms with E-state index in [1.165, 1.54) is 0 Å². The van der Waals surface area contributed by atoms with Gasteiger partial charge in [-0.2, -0.15) is 0 Å². The van der Waals surface area contributed by atoms with Crippen molar-refractivity contribution in [2.45, 2.75) is 33.1 Å². The summed E-state index contributed by atoms with van der Waals surface area (Å²) in [5.74, 6) is -0.430. The van der Waals surface area contributed by atoms with Crippen LogP contribution < -0.4 is 9.47 Å². The van der Waals surface area contributed by atoms with Gasteiger partial charge in [-0.3, -0.25) is 0 Å². The van der Waals surface area contributed by atoms with E-state index in [2.05, 4.69) is 6.92 Å². The van der Waals surface area contributed by atoms with E-state index in [1.807, 2.05) is 19.1 Å². The van der Waals surface area contributed by atoms with Gasteiger partial charge in [-0.1, -0.05) is 25.5 Å². The van der Waals surface area contributed by atoms with E-state index in [1.54, 1.807) is 24.3 Å². The summed E-state index contributed by atoms with van der Waals surface area (Å²) in [6.45, 7) is 4.86. The summed E-state index contributed by atoms with van der Waals surface area (Å²) in [5.41, 5.74) is 0. The van der Waals surface area contributed by atoms with Crippen LogP contribution in [0.3, 0.4) is 0 Å². The van der Waals surface area contributed by atoms with Gasteiger partial charge in [0.2, 0.25) is 0 Å². The molecular weight excluding hydrogens is 354 g/mol. The topological polar surface area (TPSA) is 18.5 Å². The molecule has 0 saturated carbocycles. The van der Waals surface area contributed by atoms with Crippen LogP contribution in [0.15, 0.2) is 36.4 Å². The predicted molar refractivity (Wildman–Crippen MR) is 105 cm³/mol. The number of benzene rings is 2. The molecule has 1 aromatic heterocycles. The number of hydrogen-bond acceptors (Lipinski definition) is 3. The molecule has 0 saturated heterocycles. The van der Waals surface area contributed by atoms with Crippen LogP contribution in [0.25, 0.3) is 20.2 Å². The molecule has 0 spiro atoms. The number of unbranched alkanes of at least 4 members (excludes halogenated alkanes) is 1. The first-order valence-corrected chi connectivity index (χ1v) is 9.69. The van der Waals surface area contributed by atoms with Crippen molar-refractivity contribution in [1.29, 1.82) is 0 Å². The van der Waals surface area contributed by atoms with Crippen LogP contribution in [0.4, 0.5) is 8.78 Å². The Labute approximate surface area is 156 Å². The van der Waals surface area contributed by atoms with Crippen molar-refractivity contribution >= 4 is 31.5 Å². The van der Waals surface area contributed by atoms with Gasteiger partial charge in [0, 0.05) is 10.8 Å². The lowest BCUT2D eigenvalue weighted by molar-refractivity contribution is 0.295. The Kier molecular flexibility index (Phi) is 6.09. The van der Waals surface area contributed by atoms with Crippen molar-refractivity contribution in [1.82, 2.24) is 0 Å². The average molecular weight is 376 g/mol. The highest BCUT2D eigenvalue weighted by molar-refractivity contribution is 7.25. The van der Waals surface area contributed by atoms with Gasteiger partial charge >= 0.3 is 0 Å². The Hall–Kier alpha value is -2.14. The van der Waals surface area contributed by atoms with Crippen LogP contribution in [-0.4, -0.2) is 13.2 Å². The fraction of sp³-hybridized carbons (Fsp3) is 0.333. The Morgan fingerprint density at radius 3 is 2.04 bits per heavy atom. The molecular formula is C21H22F2O2S. The molecule has 0 amide bonds. The molecule has 5 heteroatoms. The first kappa shape index (κ1) is 18.6. The molecule has 0 bridgehead atoms. The van der Waals surface area contributed by atoms with Crippen molar-refractivity contribution in [2.24, 2.45) is 0 Å². The Morgan fingerprint density at radius 1 is 0.923 bits per heavy atom. The Morgan fingerprint density at radius 2 is 1.50 bits per heavy atom. The number of allylic oxidation sites excluding steroid dienone is 1. The molecule has 0 aliphatic heterocycles. The van der Waals surface area contributed by atoms with Crippen molar-refractivity contribution in [3.63, 3.8) is 0 Å². The second kappa shape index (κ2) is 8.49. The average Bonchev–Trinajstić information content (AvgIpc) is 3.03. The zero-order chi connectivity index (χ0) is 18.5. The second-order valence-electron chi connectivity index (χ2n) is 6.02. The van der Waals surface area contributed by atoms with E-state index < -0.39 is 11.6 Å². The molecule has 0 N–H and O–H groups in total. The largest absolute Gasteiger partial charge is 0.490 e. The quantitative estimate of drug-likeness (QED) is 0.316. The predicted octanol–water partition coefficient (Wildman–Crippen LogP) is 6.86. The van der Waals surface area contributed by atoms with E-state index in [0.29, 0.717) is 39.8 Å². The number of rotatable bonds is 8. The number of hydrogen-bond donors (Lipinski definition) is 0. The molecule has 0 radical (unpaired) electrons. The minimum Gasteiger partial charge on any atom is -0.490 e. The maximum absolute atomic E-state index is 14.8. The highest BCUT2D eigenvalue weighted by Gasteiger charge is 2.18. The molecule has 0 atom stereocenters. The van der Waals surface area contributed by atoms with Gasteiger partial charge in [0.25, 0.3) is 0 Å². The van der Waals surface area contributed by atoms with Gasteiger partial charge in [0.1, 0.15) is 0 Å². The van der Waals surface area contributed by atoms with E-state index in [-0.39, 0.29) is 11.5 Å². The summed E-state index contributed by atoms with van der Waals surface area (Å²) in [6, 6.07) is 6.83. The molecule has 2 nitrogen and oxygen atoms in total. The fourth-order valence-electron chi connectivity index (χ4n) is 2.75. The molecule has 2 aromatic carbocycles. The van der Waals surface area contributed by atoms with Gasteiger partial charge in [-0.15, -0.1) is 11.3 Å². The molecule has 3 aromatic rings. The standard InChI is InChI=1S/C21H22F2O2S/c1-3-5-7-13-25-17-11-9-15-14-8-10-16(24-12-6-4-2)18(22)20(14)26-21(15)19(17)23/h3,5,8-11H,4,6-7,12-13H2,1-2H3/b5-3+. The molecule has 3 rings (SSSR count). The van der Waals surface area contributed by atoms with Crippen LogP contribution in [0.1, 0.15) is 33.1 Å². The minimum atomic E-state index is -0.433. The van der Waals surface area contributed by atoms with Crippen LogP contribution in [0, 0.1) is 11.6 Å². The van der Waals surface area contributed by atoms with E-state index in [0.717, 1.165) is 24.2 Å². The first-order valence-electron chi connectivity index (χ1n) is 8.87. The van der Waals surface area contributed by atoms with Crippen LogP contribution in [0.5, 0.6) is 11.5 Å². The van der Waals surface area contributed by atoms with Crippen LogP contribution >= 0.6 is 11.3 Å². The van der Waals surface area contributed by atoms with Crippen molar-refractivity contribution in [2.75, 3.05) is 13.2 Å². The van der Waals surface area contributed by atoms with Crippen LogP contribution in [0.2, 0.25) is 0 Å². The Balaban J connectivity index is 1.95. The number of halogens is 2. The third-order valence-corrected chi connectivity index (χ3v) is 5.36. The molecule has 0 fully saturated rings. The highest BCUT2D eigenvalue weighted by atomic mass is 32.1. The molecule has 0 aliphatic rings. The third-order valence-electron chi connectivity index (χ3n) is 4.15. The summed E-state index contributed by atoms with van der Waals surface area (Å²) >= 11 is 1.10. The first-order chi connectivity index (χ1) is 12.7. The lowest BCUT2D eigenvalue weighted by Crippen LogP contribution is -1.98. The molecule has 26 heavy (non-hydrogen) atoms. The zero-order valence-electron chi connectivity index (χ0n) is 15.0. The van der Waals surface area contributed by atoms with Gasteiger partial charge in [-0.05, 0) is 44.0 Å². The molecule has 0 aliphatic carbocycles. The van der Waals surface area contributed by atoms with E-state index in [4.69, 9.17) is 9.47 Å². The lowest BCUT2D eigenvalue weighted by Gasteiger charge is -2.07. The summed E-state index contributed by atoms with van der Waals surface area (Å²) in [7, 11) is 0. The SMILES string of the molecule is C/C=C/CCOc1ccc2c(sc3c(F)c(OCCCC)ccc32)c1F. The molecule has 1 heterocycles. The van der Waals surface area contributed by atoms with E-state index >= 15 is 0 Å². The maximum atomic E-state index is 14.8. The smallest absolute Gasteiger partial charge is 0.182 e. The van der Waals surface area contributed by atoms with Gasteiger partial charge in [-0.25, -0.2) is 8.78 Å². The maximum Gasteiger partial charge on any atom is 0.182 e. The number of fused-ring (bicyclic) bond motifs is 3. The minimum absolute atomic E-state index is 0.202. The van der Waals surface area contributed by atoms with Gasteiger partial charge in [0.15, 0.2) is 23.1 Å². The molecule has 0 unspecified atom stereocenters. The normalized spacial score (nSPS) is 11.7. The highest BCUT2D eigenvalue weighted by Crippen LogP contribution is 2.41. The second-order valence-corrected chi connectivity index (χ2v) is 7.04. The summed E-state index contributed by atoms with van der Waals surface area (Å²) in [6.07, 6.45) is 6.46. The fourth-order valence-corrected chi connectivity index (χ4v) is 3.92. The lowest BCUT2D eigenvalue weighted by atomic mass is 10.1. The van der Waals surface area contributed by atoms with Crippen molar-refractivity contribution < 1.29 is 18.3 Å². The summed E-state index contributed by atoms with van der Waals surface area (Å²) < 4.78 is 41.5. The van der Waals surface area contributed by atoms with E-state index in [9.17, 15) is 8.78 Å². The summed E-state index contributed by atoms with van der Waals surface area (Å²) in [5, 5.41) is 1.40. The zero-order valence-corrected chi connectivity index (χ0v) is 15.8. The summed E-state index contributed by atoms with van der Waals surface area (Å²) in [4.78, 5) is 0. The monoisotopic (exact) mass is 376 g/mol. The van der Waals surface area contributed by atoms with Crippen LogP contribution in [-0.2, 0) is 0 Å². The van der Waals surface area contributed by atoms with Gasteiger partial charge in [0.05, 0.1) is 22.6 Å². The van der Waals surface area contributed by atoms with Crippen molar-refractivity contribution in [3.05, 3.63) is 48.1 Å². The van der Waals surface area contributed by atoms with Gasteiger partial charge < -0.3 is 9.47 Å². The Bertz CT molecular complexity index is 931. The number of ether oxygens (including phenoxy) is 2. The molecule has 138 valence electrons.